The van der Waals surface area contributed by atoms with Crippen LogP contribution in [-0.2, 0) is 6.54 Å². The van der Waals surface area contributed by atoms with E-state index < -0.39 is 4.92 Å². The first kappa shape index (κ1) is 11.0. The number of rotatable bonds is 5. The summed E-state index contributed by atoms with van der Waals surface area (Å²) >= 11 is 0. The molecule has 0 amide bonds. The van der Waals surface area contributed by atoms with E-state index in [-0.39, 0.29) is 0 Å². The Hall–Kier alpha value is -2.04. The molecule has 5 heteroatoms. The average Bonchev–Trinajstić information content (AvgIpc) is 2.25. The fraction of sp³-hybridized carbons (Fsp3) is 0.200. The summed E-state index contributed by atoms with van der Waals surface area (Å²) < 4.78 is 5.00. The largest absolute Gasteiger partial charge is 0.497 e. The number of hydrogen-bond donors (Lipinski definition) is 1. The van der Waals surface area contributed by atoms with Crippen LogP contribution in [0.2, 0.25) is 0 Å². The van der Waals surface area contributed by atoms with Crippen molar-refractivity contribution in [2.75, 3.05) is 7.11 Å². The lowest BCUT2D eigenvalue weighted by Crippen LogP contribution is -2.05. The minimum Gasteiger partial charge on any atom is -0.497 e. The maximum Gasteiger partial charge on any atom is 0.249 e. The van der Waals surface area contributed by atoms with Crippen LogP contribution in [0.3, 0.4) is 0 Å². The van der Waals surface area contributed by atoms with Crippen molar-refractivity contribution in [1.29, 1.82) is 0 Å². The molecule has 0 aromatic heterocycles. The van der Waals surface area contributed by atoms with E-state index in [4.69, 9.17) is 4.74 Å². The summed E-state index contributed by atoms with van der Waals surface area (Å²) in [6.07, 6.45) is 2.17. The van der Waals surface area contributed by atoms with Crippen molar-refractivity contribution < 1.29 is 9.66 Å². The summed E-state index contributed by atoms with van der Waals surface area (Å²) in [5, 5.41) is 12.8. The molecule has 80 valence electrons. The van der Waals surface area contributed by atoms with Gasteiger partial charge in [0.05, 0.1) is 18.2 Å². The first-order chi connectivity index (χ1) is 7.22. The highest BCUT2D eigenvalue weighted by atomic mass is 16.6. The molecule has 0 atom stereocenters. The molecule has 0 saturated carbocycles. The summed E-state index contributed by atoms with van der Waals surface area (Å²) in [6.45, 7) is 0.550. The zero-order valence-corrected chi connectivity index (χ0v) is 8.34. The van der Waals surface area contributed by atoms with E-state index in [0.717, 1.165) is 17.5 Å². The number of benzene rings is 1. The summed E-state index contributed by atoms with van der Waals surface area (Å²) in [7, 11) is 1.60. The number of nitrogens with zero attached hydrogens (tertiary/aromatic N) is 1. The predicted octanol–water partition coefficient (Wildman–Crippen LogP) is 1.53. The first-order valence-electron chi connectivity index (χ1n) is 4.39. The minimum absolute atomic E-state index is 0.513. The van der Waals surface area contributed by atoms with Crippen LogP contribution < -0.4 is 10.1 Å². The second-order valence-corrected chi connectivity index (χ2v) is 2.83. The van der Waals surface area contributed by atoms with Gasteiger partial charge in [-0.25, -0.2) is 0 Å². The molecule has 0 bridgehead atoms. The fourth-order valence-electron chi connectivity index (χ4n) is 1.03. The van der Waals surface area contributed by atoms with Crippen LogP contribution in [0.1, 0.15) is 5.56 Å². The highest BCUT2D eigenvalue weighted by Crippen LogP contribution is 2.10. The predicted molar refractivity (Wildman–Crippen MR) is 56.0 cm³/mol. The van der Waals surface area contributed by atoms with E-state index in [1.54, 1.807) is 7.11 Å². The van der Waals surface area contributed by atoms with Crippen molar-refractivity contribution in [1.82, 2.24) is 5.32 Å². The molecular weight excluding hydrogens is 196 g/mol. The third kappa shape index (κ3) is 4.12. The molecule has 0 aliphatic carbocycles. The molecule has 0 heterocycles. The van der Waals surface area contributed by atoms with E-state index >= 15 is 0 Å². The summed E-state index contributed by atoms with van der Waals surface area (Å²) in [4.78, 5) is 9.44. The Morgan fingerprint density at radius 1 is 1.47 bits per heavy atom. The van der Waals surface area contributed by atoms with Crippen molar-refractivity contribution >= 4 is 0 Å². The van der Waals surface area contributed by atoms with Gasteiger partial charge in [-0.05, 0) is 17.7 Å². The highest BCUT2D eigenvalue weighted by molar-refractivity contribution is 5.27. The molecule has 0 aliphatic rings. The van der Waals surface area contributed by atoms with Gasteiger partial charge in [0.15, 0.2) is 0 Å². The Labute approximate surface area is 87.5 Å². The number of methoxy groups -OCH3 is 1. The normalized spacial score (nSPS) is 10.2. The molecule has 0 saturated heterocycles. The Morgan fingerprint density at radius 2 is 2.13 bits per heavy atom. The summed E-state index contributed by atoms with van der Waals surface area (Å²) in [5.74, 6) is 0.791. The van der Waals surface area contributed by atoms with Crippen molar-refractivity contribution in [3.63, 3.8) is 0 Å². The van der Waals surface area contributed by atoms with Crippen LogP contribution in [0.25, 0.3) is 0 Å². The van der Waals surface area contributed by atoms with Crippen LogP contribution in [0.15, 0.2) is 36.7 Å². The Morgan fingerprint density at radius 3 is 2.67 bits per heavy atom. The summed E-state index contributed by atoms with van der Waals surface area (Å²) in [6, 6.07) is 7.47. The van der Waals surface area contributed by atoms with Crippen LogP contribution >= 0.6 is 0 Å². The topological polar surface area (TPSA) is 64.4 Å². The molecule has 5 nitrogen and oxygen atoms in total. The third-order valence-corrected chi connectivity index (χ3v) is 1.78. The molecule has 1 aromatic rings. The van der Waals surface area contributed by atoms with Gasteiger partial charge in [0, 0.05) is 6.54 Å². The molecule has 0 spiro atoms. The zero-order chi connectivity index (χ0) is 11.1. The van der Waals surface area contributed by atoms with Crippen LogP contribution in [0.4, 0.5) is 0 Å². The first-order valence-corrected chi connectivity index (χ1v) is 4.39. The van der Waals surface area contributed by atoms with Crippen LogP contribution in [0.5, 0.6) is 5.75 Å². The van der Waals surface area contributed by atoms with Crippen molar-refractivity contribution in [2.24, 2.45) is 0 Å². The molecule has 15 heavy (non-hydrogen) atoms. The lowest BCUT2D eigenvalue weighted by Gasteiger charge is -2.02. The Kier molecular flexibility index (Phi) is 4.15. The zero-order valence-electron chi connectivity index (χ0n) is 8.34. The summed E-state index contributed by atoms with van der Waals surface area (Å²) in [5.41, 5.74) is 1.03. The van der Waals surface area contributed by atoms with Crippen molar-refractivity contribution in [3.8, 4) is 5.75 Å². The van der Waals surface area contributed by atoms with Gasteiger partial charge >= 0.3 is 0 Å². The van der Waals surface area contributed by atoms with Gasteiger partial charge in [0.2, 0.25) is 6.20 Å². The Bertz CT molecular complexity index is 346. The third-order valence-electron chi connectivity index (χ3n) is 1.78. The number of hydrogen-bond acceptors (Lipinski definition) is 4. The van der Waals surface area contributed by atoms with Gasteiger partial charge < -0.3 is 10.1 Å². The molecule has 0 fully saturated rings. The maximum absolute atomic E-state index is 9.96. The van der Waals surface area contributed by atoms with Crippen LogP contribution in [0, 0.1) is 10.1 Å². The molecule has 0 unspecified atom stereocenters. The molecule has 1 aromatic carbocycles. The molecular formula is C10H12N2O3. The molecule has 0 aliphatic heterocycles. The minimum atomic E-state index is -0.513. The second kappa shape index (κ2) is 5.64. The SMILES string of the molecule is COc1ccc(CN/C=C\[N+](=O)[O-])cc1. The maximum atomic E-state index is 9.96. The molecule has 0 radical (unpaired) electrons. The van der Waals surface area contributed by atoms with Crippen molar-refractivity contribution in [3.05, 3.63) is 52.3 Å². The van der Waals surface area contributed by atoms with Crippen molar-refractivity contribution in [2.45, 2.75) is 6.54 Å². The average molecular weight is 208 g/mol. The fourth-order valence-corrected chi connectivity index (χ4v) is 1.03. The van der Waals surface area contributed by atoms with Gasteiger partial charge in [-0.3, -0.25) is 10.1 Å². The quantitative estimate of drug-likeness (QED) is 0.588. The van der Waals surface area contributed by atoms with Gasteiger partial charge in [-0.15, -0.1) is 0 Å². The lowest BCUT2D eigenvalue weighted by molar-refractivity contribution is -0.402. The number of nitro groups is 1. The second-order valence-electron chi connectivity index (χ2n) is 2.83. The van der Waals surface area contributed by atoms with E-state index in [1.165, 1.54) is 6.20 Å². The number of ether oxygens (including phenoxy) is 1. The van der Waals surface area contributed by atoms with Gasteiger partial charge in [-0.2, -0.15) is 0 Å². The smallest absolute Gasteiger partial charge is 0.249 e. The Balaban J connectivity index is 2.41. The van der Waals surface area contributed by atoms with E-state index in [1.807, 2.05) is 24.3 Å². The van der Waals surface area contributed by atoms with Crippen LogP contribution in [-0.4, -0.2) is 12.0 Å². The standard InChI is InChI=1S/C10H12N2O3/c1-15-10-4-2-9(3-5-10)8-11-6-7-12(13)14/h2-7,11H,8H2,1H3/b7-6-. The van der Waals surface area contributed by atoms with Gasteiger partial charge in [0.1, 0.15) is 5.75 Å². The highest BCUT2D eigenvalue weighted by Gasteiger charge is 1.92. The molecule has 1 N–H and O–H groups in total. The van der Waals surface area contributed by atoms with Gasteiger partial charge in [-0.1, -0.05) is 12.1 Å². The van der Waals surface area contributed by atoms with E-state index in [2.05, 4.69) is 5.32 Å². The van der Waals surface area contributed by atoms with E-state index in [9.17, 15) is 10.1 Å². The van der Waals surface area contributed by atoms with E-state index in [0.29, 0.717) is 6.54 Å². The molecule has 1 rings (SSSR count). The lowest BCUT2D eigenvalue weighted by atomic mass is 10.2. The van der Waals surface area contributed by atoms with Gasteiger partial charge in [0.25, 0.3) is 0 Å². The monoisotopic (exact) mass is 208 g/mol. The number of nitrogens with one attached hydrogen (secondary N) is 1.